The maximum atomic E-state index is 5.37. The summed E-state index contributed by atoms with van der Waals surface area (Å²) >= 11 is 0. The summed E-state index contributed by atoms with van der Waals surface area (Å²) in [7, 11) is 1.71. The molecule has 0 aromatic heterocycles. The number of ether oxygens (including phenoxy) is 1. The van der Waals surface area contributed by atoms with Crippen molar-refractivity contribution in [2.45, 2.75) is 33.2 Å². The molecule has 2 aromatic rings. The lowest BCUT2D eigenvalue weighted by Crippen LogP contribution is -2.24. The second-order valence-electron chi connectivity index (χ2n) is 5.45. The lowest BCUT2D eigenvalue weighted by Gasteiger charge is -2.23. The van der Waals surface area contributed by atoms with Crippen LogP contribution in [0, 0.1) is 13.8 Å². The zero-order chi connectivity index (χ0) is 15.2. The predicted molar refractivity (Wildman–Crippen MR) is 89.0 cm³/mol. The van der Waals surface area contributed by atoms with Crippen LogP contribution in [0.25, 0.3) is 0 Å². The first-order chi connectivity index (χ1) is 10.2. The molecule has 0 saturated heterocycles. The Morgan fingerprint density at radius 2 is 1.86 bits per heavy atom. The molecule has 0 spiro atoms. The van der Waals surface area contributed by atoms with Crippen LogP contribution in [0.4, 0.5) is 0 Å². The van der Waals surface area contributed by atoms with E-state index >= 15 is 0 Å². The van der Waals surface area contributed by atoms with Crippen LogP contribution in [-0.2, 0) is 0 Å². The standard InChI is InChI=1S/C19H25NO/c1-5-12-20-19(16-9-7-10-17(13-16)21-4)18-11-6-8-14(2)15(18)3/h6-11,13,19-20H,5,12H2,1-4H3. The second kappa shape index (κ2) is 7.28. The van der Waals surface area contributed by atoms with Gasteiger partial charge in [0.1, 0.15) is 5.75 Å². The minimum absolute atomic E-state index is 0.208. The van der Waals surface area contributed by atoms with Gasteiger partial charge < -0.3 is 10.1 Å². The zero-order valence-corrected chi connectivity index (χ0v) is 13.4. The van der Waals surface area contributed by atoms with Crippen molar-refractivity contribution in [1.29, 1.82) is 0 Å². The van der Waals surface area contributed by atoms with Crippen LogP contribution in [-0.4, -0.2) is 13.7 Å². The third-order valence-corrected chi connectivity index (χ3v) is 3.98. The molecule has 1 atom stereocenters. The maximum Gasteiger partial charge on any atom is 0.119 e. The maximum absolute atomic E-state index is 5.37. The molecule has 0 aliphatic carbocycles. The van der Waals surface area contributed by atoms with Gasteiger partial charge in [0.05, 0.1) is 13.2 Å². The average Bonchev–Trinajstić information content (AvgIpc) is 2.52. The highest BCUT2D eigenvalue weighted by Gasteiger charge is 2.16. The number of rotatable bonds is 6. The first kappa shape index (κ1) is 15.6. The van der Waals surface area contributed by atoms with E-state index in [9.17, 15) is 0 Å². The van der Waals surface area contributed by atoms with Crippen molar-refractivity contribution < 1.29 is 4.74 Å². The van der Waals surface area contributed by atoms with E-state index in [0.717, 1.165) is 18.7 Å². The van der Waals surface area contributed by atoms with Crippen LogP contribution in [0.5, 0.6) is 5.75 Å². The normalized spacial score (nSPS) is 12.2. The SMILES string of the molecule is CCCNC(c1cccc(OC)c1)c1cccc(C)c1C. The Morgan fingerprint density at radius 3 is 2.57 bits per heavy atom. The summed E-state index contributed by atoms with van der Waals surface area (Å²) in [6.07, 6.45) is 1.12. The molecule has 2 nitrogen and oxygen atoms in total. The smallest absolute Gasteiger partial charge is 0.119 e. The number of nitrogens with one attached hydrogen (secondary N) is 1. The summed E-state index contributed by atoms with van der Waals surface area (Å²) in [5.74, 6) is 0.904. The first-order valence-corrected chi connectivity index (χ1v) is 7.60. The van der Waals surface area contributed by atoms with E-state index in [4.69, 9.17) is 4.74 Å². The fourth-order valence-corrected chi connectivity index (χ4v) is 2.60. The Balaban J connectivity index is 2.44. The Kier molecular flexibility index (Phi) is 5.40. The molecule has 0 heterocycles. The van der Waals surface area contributed by atoms with Gasteiger partial charge in [-0.05, 0) is 61.2 Å². The van der Waals surface area contributed by atoms with Gasteiger partial charge in [0, 0.05) is 0 Å². The zero-order valence-electron chi connectivity index (χ0n) is 13.4. The third kappa shape index (κ3) is 3.64. The highest BCUT2D eigenvalue weighted by Crippen LogP contribution is 2.28. The Bertz CT molecular complexity index is 592. The number of aryl methyl sites for hydroxylation is 1. The van der Waals surface area contributed by atoms with E-state index in [1.807, 2.05) is 6.07 Å². The molecule has 2 rings (SSSR count). The summed E-state index contributed by atoms with van der Waals surface area (Å²) in [5.41, 5.74) is 5.28. The fourth-order valence-electron chi connectivity index (χ4n) is 2.60. The van der Waals surface area contributed by atoms with Gasteiger partial charge in [0.15, 0.2) is 0 Å². The largest absolute Gasteiger partial charge is 0.497 e. The van der Waals surface area contributed by atoms with Crippen LogP contribution < -0.4 is 10.1 Å². The molecule has 0 radical (unpaired) electrons. The molecule has 2 aromatic carbocycles. The molecule has 0 amide bonds. The number of hydrogen-bond donors (Lipinski definition) is 1. The number of hydrogen-bond acceptors (Lipinski definition) is 2. The fraction of sp³-hybridized carbons (Fsp3) is 0.368. The monoisotopic (exact) mass is 283 g/mol. The average molecular weight is 283 g/mol. The summed E-state index contributed by atoms with van der Waals surface area (Å²) in [5, 5.41) is 3.67. The summed E-state index contributed by atoms with van der Waals surface area (Å²) in [6.45, 7) is 7.56. The second-order valence-corrected chi connectivity index (χ2v) is 5.45. The lowest BCUT2D eigenvalue weighted by atomic mass is 9.92. The summed E-state index contributed by atoms with van der Waals surface area (Å²) in [4.78, 5) is 0. The molecule has 2 heteroatoms. The van der Waals surface area contributed by atoms with Crippen molar-refractivity contribution in [1.82, 2.24) is 5.32 Å². The van der Waals surface area contributed by atoms with Crippen LogP contribution in [0.15, 0.2) is 42.5 Å². The number of benzene rings is 2. The van der Waals surface area contributed by atoms with Crippen LogP contribution >= 0.6 is 0 Å². The Hall–Kier alpha value is -1.80. The minimum atomic E-state index is 0.208. The first-order valence-electron chi connectivity index (χ1n) is 7.60. The van der Waals surface area contributed by atoms with Crippen molar-refractivity contribution in [3.63, 3.8) is 0 Å². The van der Waals surface area contributed by atoms with Crippen molar-refractivity contribution >= 4 is 0 Å². The molecule has 21 heavy (non-hydrogen) atoms. The van der Waals surface area contributed by atoms with Crippen molar-refractivity contribution in [3.8, 4) is 5.75 Å². The van der Waals surface area contributed by atoms with E-state index in [1.165, 1.54) is 22.3 Å². The molecule has 0 bridgehead atoms. The van der Waals surface area contributed by atoms with Crippen LogP contribution in [0.3, 0.4) is 0 Å². The van der Waals surface area contributed by atoms with Gasteiger partial charge in [0.25, 0.3) is 0 Å². The van der Waals surface area contributed by atoms with Crippen molar-refractivity contribution in [2.24, 2.45) is 0 Å². The molecule has 112 valence electrons. The van der Waals surface area contributed by atoms with Gasteiger partial charge in [-0.3, -0.25) is 0 Å². The molecule has 0 aliphatic rings. The Labute approximate surface area is 128 Å². The van der Waals surface area contributed by atoms with E-state index in [-0.39, 0.29) is 6.04 Å². The van der Waals surface area contributed by atoms with Gasteiger partial charge in [-0.15, -0.1) is 0 Å². The number of methoxy groups -OCH3 is 1. The molecule has 1 unspecified atom stereocenters. The molecular formula is C19H25NO. The van der Waals surface area contributed by atoms with E-state index in [1.54, 1.807) is 7.11 Å². The third-order valence-electron chi connectivity index (χ3n) is 3.98. The Morgan fingerprint density at radius 1 is 1.10 bits per heavy atom. The minimum Gasteiger partial charge on any atom is -0.497 e. The quantitative estimate of drug-likeness (QED) is 0.848. The van der Waals surface area contributed by atoms with E-state index in [0.29, 0.717) is 0 Å². The molecule has 0 saturated carbocycles. The van der Waals surface area contributed by atoms with Crippen LogP contribution in [0.2, 0.25) is 0 Å². The van der Waals surface area contributed by atoms with Gasteiger partial charge >= 0.3 is 0 Å². The molecule has 1 N–H and O–H groups in total. The molecular weight excluding hydrogens is 258 g/mol. The van der Waals surface area contributed by atoms with Crippen molar-refractivity contribution in [3.05, 3.63) is 64.7 Å². The van der Waals surface area contributed by atoms with Gasteiger partial charge in [-0.2, -0.15) is 0 Å². The van der Waals surface area contributed by atoms with Gasteiger partial charge in [0.2, 0.25) is 0 Å². The highest BCUT2D eigenvalue weighted by atomic mass is 16.5. The van der Waals surface area contributed by atoms with E-state index in [2.05, 4.69) is 62.5 Å². The summed E-state index contributed by atoms with van der Waals surface area (Å²) in [6, 6.07) is 15.1. The molecule has 0 fully saturated rings. The van der Waals surface area contributed by atoms with Crippen molar-refractivity contribution in [2.75, 3.05) is 13.7 Å². The van der Waals surface area contributed by atoms with E-state index < -0.39 is 0 Å². The lowest BCUT2D eigenvalue weighted by molar-refractivity contribution is 0.413. The van der Waals surface area contributed by atoms with Gasteiger partial charge in [-0.25, -0.2) is 0 Å². The van der Waals surface area contributed by atoms with Crippen LogP contribution in [0.1, 0.15) is 41.6 Å². The topological polar surface area (TPSA) is 21.3 Å². The predicted octanol–water partition coefficient (Wildman–Crippen LogP) is 4.40. The highest BCUT2D eigenvalue weighted by molar-refractivity contribution is 5.42. The molecule has 0 aliphatic heterocycles. The van der Waals surface area contributed by atoms with Gasteiger partial charge in [-0.1, -0.05) is 37.3 Å². The summed E-state index contributed by atoms with van der Waals surface area (Å²) < 4.78 is 5.37.